The molecular formula is C9H18N2O. The van der Waals surface area contributed by atoms with Crippen LogP contribution in [0.5, 0.6) is 0 Å². The number of carbonyl (C=O) groups excluding carboxylic acids is 1. The molecule has 3 heteroatoms. The van der Waals surface area contributed by atoms with Crippen molar-refractivity contribution in [3.63, 3.8) is 0 Å². The van der Waals surface area contributed by atoms with Crippen LogP contribution in [-0.4, -0.2) is 23.5 Å². The third-order valence-electron chi connectivity index (χ3n) is 2.35. The zero-order valence-corrected chi connectivity index (χ0v) is 8.35. The van der Waals surface area contributed by atoms with E-state index in [1.54, 1.807) is 5.01 Å². The molecule has 0 spiro atoms. The maximum Gasteiger partial charge on any atom is 0.238 e. The molecule has 0 aromatic heterocycles. The molecule has 1 unspecified atom stereocenters. The summed E-state index contributed by atoms with van der Waals surface area (Å²) in [4.78, 5) is 11.3. The van der Waals surface area contributed by atoms with Crippen LogP contribution in [0, 0.1) is 5.41 Å². The molecule has 1 atom stereocenters. The van der Waals surface area contributed by atoms with Gasteiger partial charge in [-0.15, -0.1) is 0 Å². The molecular weight excluding hydrogens is 152 g/mol. The lowest BCUT2D eigenvalue weighted by Crippen LogP contribution is -2.42. The third kappa shape index (κ3) is 1.78. The van der Waals surface area contributed by atoms with Crippen molar-refractivity contribution in [2.24, 2.45) is 5.41 Å². The van der Waals surface area contributed by atoms with Gasteiger partial charge in [-0.1, -0.05) is 20.8 Å². The maximum atomic E-state index is 11.3. The average molecular weight is 170 g/mol. The van der Waals surface area contributed by atoms with E-state index in [9.17, 15) is 4.79 Å². The van der Waals surface area contributed by atoms with Crippen LogP contribution in [0.4, 0.5) is 0 Å². The van der Waals surface area contributed by atoms with Crippen molar-refractivity contribution in [2.45, 2.75) is 40.2 Å². The van der Waals surface area contributed by atoms with Crippen LogP contribution in [0.3, 0.4) is 0 Å². The monoisotopic (exact) mass is 170 g/mol. The van der Waals surface area contributed by atoms with Gasteiger partial charge >= 0.3 is 0 Å². The molecule has 0 aliphatic carbocycles. The Bertz CT molecular complexity index is 183. The number of nitrogens with one attached hydrogen (secondary N) is 1. The third-order valence-corrected chi connectivity index (χ3v) is 2.35. The molecule has 1 N–H and O–H groups in total. The lowest BCUT2D eigenvalue weighted by molar-refractivity contribution is -0.129. The molecule has 0 bridgehead atoms. The van der Waals surface area contributed by atoms with Gasteiger partial charge in [-0.05, 0) is 12.3 Å². The maximum absolute atomic E-state index is 11.3. The molecule has 0 saturated carbocycles. The van der Waals surface area contributed by atoms with E-state index in [1.165, 1.54) is 0 Å². The van der Waals surface area contributed by atoms with E-state index in [0.29, 0.717) is 12.5 Å². The average Bonchev–Trinajstić information content (AvgIpc) is 2.29. The van der Waals surface area contributed by atoms with Gasteiger partial charge in [-0.25, -0.2) is 5.43 Å². The lowest BCUT2D eigenvalue weighted by Gasteiger charge is -2.27. The van der Waals surface area contributed by atoms with Crippen LogP contribution in [0.1, 0.15) is 34.1 Å². The molecule has 1 saturated heterocycles. The van der Waals surface area contributed by atoms with Crippen LogP contribution in [0.25, 0.3) is 0 Å². The Hall–Kier alpha value is -0.570. The van der Waals surface area contributed by atoms with Crippen LogP contribution >= 0.6 is 0 Å². The normalized spacial score (nSPS) is 25.2. The molecule has 12 heavy (non-hydrogen) atoms. The van der Waals surface area contributed by atoms with Crippen molar-refractivity contribution < 1.29 is 4.79 Å². The van der Waals surface area contributed by atoms with Crippen molar-refractivity contribution >= 4 is 5.91 Å². The Morgan fingerprint density at radius 2 is 2.17 bits per heavy atom. The zero-order chi connectivity index (χ0) is 9.35. The fourth-order valence-corrected chi connectivity index (χ4v) is 1.36. The molecule has 1 heterocycles. The number of hydrogen-bond acceptors (Lipinski definition) is 2. The molecule has 1 amide bonds. The van der Waals surface area contributed by atoms with Gasteiger partial charge in [0.1, 0.15) is 0 Å². The van der Waals surface area contributed by atoms with Crippen LogP contribution in [-0.2, 0) is 4.79 Å². The highest BCUT2D eigenvalue weighted by Crippen LogP contribution is 2.25. The van der Waals surface area contributed by atoms with E-state index in [4.69, 9.17) is 0 Å². The number of hydrazine groups is 1. The first-order valence-electron chi connectivity index (χ1n) is 4.51. The molecule has 3 nitrogen and oxygen atoms in total. The molecule has 0 radical (unpaired) electrons. The smallest absolute Gasteiger partial charge is 0.238 e. The van der Waals surface area contributed by atoms with Crippen LogP contribution in [0.2, 0.25) is 0 Å². The van der Waals surface area contributed by atoms with E-state index in [-0.39, 0.29) is 11.3 Å². The summed E-state index contributed by atoms with van der Waals surface area (Å²) in [5, 5.41) is 1.70. The number of nitrogens with zero attached hydrogens (tertiary/aromatic N) is 1. The van der Waals surface area contributed by atoms with Crippen molar-refractivity contribution in [3.8, 4) is 0 Å². The highest BCUT2D eigenvalue weighted by atomic mass is 16.2. The highest BCUT2D eigenvalue weighted by Gasteiger charge is 2.35. The highest BCUT2D eigenvalue weighted by molar-refractivity contribution is 5.78. The number of rotatable bonds is 1. The predicted octanol–water partition coefficient (Wildman–Crippen LogP) is 1.16. The van der Waals surface area contributed by atoms with Crippen molar-refractivity contribution in [1.82, 2.24) is 10.4 Å². The summed E-state index contributed by atoms with van der Waals surface area (Å²) in [6.07, 6.45) is 0.636. The number of amides is 1. The van der Waals surface area contributed by atoms with Gasteiger partial charge in [-0.2, -0.15) is 0 Å². The zero-order valence-electron chi connectivity index (χ0n) is 8.35. The molecule has 1 aliphatic heterocycles. The summed E-state index contributed by atoms with van der Waals surface area (Å²) in [6.45, 7) is 9.19. The molecule has 70 valence electrons. The summed E-state index contributed by atoms with van der Waals surface area (Å²) >= 11 is 0. The Morgan fingerprint density at radius 1 is 1.58 bits per heavy atom. The van der Waals surface area contributed by atoms with Gasteiger partial charge < -0.3 is 0 Å². The minimum absolute atomic E-state index is 0.166. The summed E-state index contributed by atoms with van der Waals surface area (Å²) < 4.78 is 0. The second-order valence-electron chi connectivity index (χ2n) is 4.39. The van der Waals surface area contributed by atoms with Gasteiger partial charge in [0.25, 0.3) is 0 Å². The predicted molar refractivity (Wildman–Crippen MR) is 48.4 cm³/mol. The Kier molecular flexibility index (Phi) is 2.42. The summed E-state index contributed by atoms with van der Waals surface area (Å²) in [6, 6.07) is 0.296. The van der Waals surface area contributed by atoms with E-state index in [2.05, 4.69) is 26.2 Å². The molecule has 1 fully saturated rings. The molecule has 1 rings (SSSR count). The van der Waals surface area contributed by atoms with E-state index in [0.717, 1.165) is 6.54 Å². The van der Waals surface area contributed by atoms with Crippen molar-refractivity contribution in [1.29, 1.82) is 0 Å². The van der Waals surface area contributed by atoms with Gasteiger partial charge in [-0.3, -0.25) is 9.80 Å². The lowest BCUT2D eigenvalue weighted by atomic mass is 9.86. The quantitative estimate of drug-likeness (QED) is 0.640. The Labute approximate surface area is 74.1 Å². The van der Waals surface area contributed by atoms with Crippen LogP contribution in [0.15, 0.2) is 0 Å². The molecule has 0 aromatic rings. The standard InChI is InChI=1S/C9H18N2O/c1-5-11-8(12)6-7(10-11)9(2,3)4/h7,10H,5-6H2,1-4H3. The fourth-order valence-electron chi connectivity index (χ4n) is 1.36. The first-order valence-corrected chi connectivity index (χ1v) is 4.51. The Balaban J connectivity index is 2.60. The summed E-state index contributed by atoms with van der Waals surface area (Å²) in [5.41, 5.74) is 3.38. The van der Waals surface area contributed by atoms with Gasteiger partial charge in [0.2, 0.25) is 5.91 Å². The second kappa shape index (κ2) is 3.05. The topological polar surface area (TPSA) is 32.3 Å². The van der Waals surface area contributed by atoms with Crippen LogP contribution < -0.4 is 5.43 Å². The van der Waals surface area contributed by atoms with Crippen molar-refractivity contribution in [2.75, 3.05) is 6.54 Å². The minimum Gasteiger partial charge on any atom is -0.278 e. The fraction of sp³-hybridized carbons (Fsp3) is 0.889. The van der Waals surface area contributed by atoms with Gasteiger partial charge in [0.05, 0.1) is 0 Å². The minimum atomic E-state index is 0.166. The summed E-state index contributed by atoms with van der Waals surface area (Å²) in [5.74, 6) is 0.220. The Morgan fingerprint density at radius 3 is 2.42 bits per heavy atom. The number of carbonyl (C=O) groups is 1. The summed E-state index contributed by atoms with van der Waals surface area (Å²) in [7, 11) is 0. The van der Waals surface area contributed by atoms with Crippen molar-refractivity contribution in [3.05, 3.63) is 0 Å². The largest absolute Gasteiger partial charge is 0.278 e. The SMILES string of the molecule is CCN1NC(C(C)(C)C)CC1=O. The first kappa shape index (κ1) is 9.52. The molecule has 1 aliphatic rings. The van der Waals surface area contributed by atoms with Gasteiger partial charge in [0, 0.05) is 19.0 Å². The second-order valence-corrected chi connectivity index (χ2v) is 4.39. The van der Waals surface area contributed by atoms with Gasteiger partial charge in [0.15, 0.2) is 0 Å². The van der Waals surface area contributed by atoms with E-state index >= 15 is 0 Å². The number of hydrogen-bond donors (Lipinski definition) is 1. The van der Waals surface area contributed by atoms with E-state index in [1.807, 2.05) is 6.92 Å². The van der Waals surface area contributed by atoms with E-state index < -0.39 is 0 Å². The first-order chi connectivity index (χ1) is 5.45. The molecule has 0 aromatic carbocycles.